The molecule has 0 spiro atoms. The molecule has 0 aliphatic heterocycles. The molecule has 0 saturated heterocycles. The van der Waals surface area contributed by atoms with E-state index in [9.17, 15) is 52.7 Å². The lowest BCUT2D eigenvalue weighted by molar-refractivity contribution is 0.378. The highest BCUT2D eigenvalue weighted by Gasteiger charge is 2.52. The molecule has 7 rings (SSSR count). The Balaban J connectivity index is 0.000000284. The monoisotopic (exact) mass is 970 g/mol. The Labute approximate surface area is 361 Å². The zero-order valence-corrected chi connectivity index (χ0v) is 33.4. The minimum absolute atomic E-state index is 0.0312. The fourth-order valence-corrected chi connectivity index (χ4v) is 9.25. The Hall–Kier alpha value is -6.45. The Bertz CT molecular complexity index is 2610. The molecule has 0 fully saturated rings. The molecule has 7 aromatic carbocycles. The number of hydrogen-bond acceptors (Lipinski definition) is 0. The van der Waals surface area contributed by atoms with Crippen LogP contribution in [0.5, 0.6) is 0 Å². The number of rotatable bonds is 7. The van der Waals surface area contributed by atoms with Gasteiger partial charge in [0.25, 0.3) is 0 Å². The molecule has 0 nitrogen and oxygen atoms in total. The van der Waals surface area contributed by atoms with Crippen molar-refractivity contribution in [2.24, 2.45) is 0 Å². The Morgan fingerprint density at radius 1 is 0.242 bits per heavy atom. The van der Waals surface area contributed by atoms with Gasteiger partial charge in [-0.25, -0.2) is 87.8 Å². The topological polar surface area (TPSA) is 0 Å². The van der Waals surface area contributed by atoms with Crippen molar-refractivity contribution in [3.05, 3.63) is 206 Å². The van der Waals surface area contributed by atoms with Crippen LogP contribution in [0.3, 0.4) is 0 Å². The highest BCUT2D eigenvalue weighted by Crippen LogP contribution is 2.33. The standard InChI is InChI=1S/C24BF20.C20H19S/c26-5-1(6(27)14(35)21(42)13(5)34)25(2-7(28)15(36)22(43)16(37)8(2)29,3-9(30)17(38)23(44)18(39)10(3)31)4-11(32)19(40)24(45)20(41)12(4)33;1-16-8-12-19(13-9-16)21(18-6-4-3-5-7-18)20-14-10-17(2)11-15-20/h;3-15H,1-2H3/q-1;+1. The second-order valence-corrected chi connectivity index (χ2v) is 16.1. The van der Waals surface area contributed by atoms with Crippen molar-refractivity contribution in [3.8, 4) is 0 Å². The molecule has 0 bridgehead atoms. The quantitative estimate of drug-likeness (QED) is 0.0491. The second-order valence-electron chi connectivity index (χ2n) is 14.0. The first-order valence-corrected chi connectivity index (χ1v) is 19.3. The van der Waals surface area contributed by atoms with Gasteiger partial charge in [0.2, 0.25) is 0 Å². The van der Waals surface area contributed by atoms with Gasteiger partial charge in [-0.2, -0.15) is 0 Å². The molecule has 0 radical (unpaired) electrons. The van der Waals surface area contributed by atoms with Gasteiger partial charge in [0.05, 0.1) is 10.9 Å². The maximum atomic E-state index is 15.4. The van der Waals surface area contributed by atoms with Crippen LogP contribution in [0.1, 0.15) is 11.1 Å². The van der Waals surface area contributed by atoms with Crippen molar-refractivity contribution in [1.29, 1.82) is 0 Å². The number of halogens is 20. The molecule has 0 N–H and O–H groups in total. The van der Waals surface area contributed by atoms with Crippen molar-refractivity contribution in [3.63, 3.8) is 0 Å². The Morgan fingerprint density at radius 2 is 0.424 bits per heavy atom. The largest absolute Gasteiger partial charge is 0.207 e. The molecule has 0 atom stereocenters. The molecule has 7 aromatic rings. The van der Waals surface area contributed by atoms with Crippen LogP contribution in [-0.4, -0.2) is 6.15 Å². The van der Waals surface area contributed by atoms with Crippen LogP contribution < -0.4 is 21.9 Å². The summed E-state index contributed by atoms with van der Waals surface area (Å²) in [4.78, 5) is 4.11. The molecule has 344 valence electrons. The summed E-state index contributed by atoms with van der Waals surface area (Å²) in [5, 5.41) is 0. The minimum Gasteiger partial charge on any atom is -0.207 e. The van der Waals surface area contributed by atoms with Gasteiger partial charge in [-0.15, -0.1) is 21.9 Å². The number of benzene rings is 7. The highest BCUT2D eigenvalue weighted by molar-refractivity contribution is 7.97. The third-order valence-corrected chi connectivity index (χ3v) is 12.4. The van der Waals surface area contributed by atoms with Gasteiger partial charge in [0.1, 0.15) is 52.7 Å². The zero-order chi connectivity index (χ0) is 49.0. The van der Waals surface area contributed by atoms with Gasteiger partial charge < -0.3 is 0 Å². The molecule has 0 aromatic heterocycles. The van der Waals surface area contributed by atoms with Gasteiger partial charge >= 0.3 is 0 Å². The predicted molar refractivity (Wildman–Crippen MR) is 200 cm³/mol. The summed E-state index contributed by atoms with van der Waals surface area (Å²) >= 11 is 0. The predicted octanol–water partition coefficient (Wildman–Crippen LogP) is 11.2. The average molecular weight is 970 g/mol. The van der Waals surface area contributed by atoms with Crippen molar-refractivity contribution < 1.29 is 87.8 Å². The first-order valence-electron chi connectivity index (χ1n) is 18.1. The fourth-order valence-electron chi connectivity index (χ4n) is 7.19. The highest BCUT2D eigenvalue weighted by atomic mass is 32.2. The lowest BCUT2D eigenvalue weighted by atomic mass is 9.12. The Kier molecular flexibility index (Phi) is 13.7. The third kappa shape index (κ3) is 7.81. The van der Waals surface area contributed by atoms with Crippen LogP contribution in [0.25, 0.3) is 0 Å². The summed E-state index contributed by atoms with van der Waals surface area (Å²) in [6.45, 7) is 4.27. The second kappa shape index (κ2) is 18.4. The van der Waals surface area contributed by atoms with E-state index in [1.165, 1.54) is 25.8 Å². The van der Waals surface area contributed by atoms with Crippen LogP contribution >= 0.6 is 0 Å². The van der Waals surface area contributed by atoms with Crippen LogP contribution in [0.15, 0.2) is 93.5 Å². The molecular formula is C44H19BF20S. The lowest BCUT2D eigenvalue weighted by Crippen LogP contribution is -2.81. The van der Waals surface area contributed by atoms with Gasteiger partial charge in [-0.1, -0.05) is 53.6 Å². The summed E-state index contributed by atoms with van der Waals surface area (Å²) in [6, 6.07) is 28.6. The smallest absolute Gasteiger partial charge is 0.200 e. The van der Waals surface area contributed by atoms with E-state index < -0.39 is 144 Å². The molecule has 22 heteroatoms. The van der Waals surface area contributed by atoms with E-state index in [4.69, 9.17) is 0 Å². The summed E-state index contributed by atoms with van der Waals surface area (Å²) in [7, 11) is -0.0312. The average Bonchev–Trinajstić information content (AvgIpc) is 3.30. The van der Waals surface area contributed by atoms with E-state index in [0.717, 1.165) is 0 Å². The lowest BCUT2D eigenvalue weighted by Gasteiger charge is -2.44. The van der Waals surface area contributed by atoms with Crippen LogP contribution in [0.4, 0.5) is 87.8 Å². The molecule has 0 aliphatic carbocycles. The first kappa shape index (κ1) is 49.0. The van der Waals surface area contributed by atoms with Crippen LogP contribution in [0.2, 0.25) is 0 Å². The molecule has 66 heavy (non-hydrogen) atoms. The van der Waals surface area contributed by atoms with Crippen molar-refractivity contribution in [2.75, 3.05) is 0 Å². The van der Waals surface area contributed by atoms with E-state index >= 15 is 35.1 Å². The van der Waals surface area contributed by atoms with Crippen molar-refractivity contribution >= 4 is 38.9 Å². The maximum Gasteiger partial charge on any atom is 0.200 e. The summed E-state index contributed by atoms with van der Waals surface area (Å²) < 4.78 is 294. The van der Waals surface area contributed by atoms with E-state index in [1.807, 2.05) is 0 Å². The van der Waals surface area contributed by atoms with Gasteiger partial charge in [0.15, 0.2) is 84.5 Å². The summed E-state index contributed by atoms with van der Waals surface area (Å²) in [5.74, 6) is -71.4. The molecule has 0 saturated carbocycles. The van der Waals surface area contributed by atoms with E-state index in [0.29, 0.717) is 0 Å². The zero-order valence-electron chi connectivity index (χ0n) is 32.6. The maximum absolute atomic E-state index is 15.4. The summed E-state index contributed by atoms with van der Waals surface area (Å²) in [6.07, 6.45) is -7.22. The van der Waals surface area contributed by atoms with E-state index in [1.54, 1.807) is 0 Å². The molecule has 0 heterocycles. The van der Waals surface area contributed by atoms with Crippen molar-refractivity contribution in [2.45, 2.75) is 28.5 Å². The molecular weight excluding hydrogens is 951 g/mol. The van der Waals surface area contributed by atoms with Crippen LogP contribution in [0, 0.1) is 130 Å². The van der Waals surface area contributed by atoms with E-state index in [2.05, 4.69) is 92.7 Å². The first-order chi connectivity index (χ1) is 30.9. The van der Waals surface area contributed by atoms with Gasteiger partial charge in [0, 0.05) is 0 Å². The molecule has 0 unspecified atom stereocenters. The third-order valence-electron chi connectivity index (χ3n) is 10.2. The van der Waals surface area contributed by atoms with Gasteiger partial charge in [-0.05, 0) is 50.2 Å². The fraction of sp³-hybridized carbons (Fsp3) is 0.0455. The van der Waals surface area contributed by atoms with Crippen LogP contribution in [-0.2, 0) is 10.9 Å². The SMILES string of the molecule is Cc1ccc([S+](c2ccccc2)c2ccc(C)cc2)cc1.Fc1c(F)c(F)c([B-](c2c(F)c(F)c(F)c(F)c2F)(c2c(F)c(F)c(F)c(F)c2F)c2c(F)c(F)c(F)c(F)c2F)c(F)c1F. The molecule has 0 aliphatic rings. The Morgan fingerprint density at radius 3 is 0.636 bits per heavy atom. The molecule has 0 amide bonds. The number of aryl methyl sites for hydroxylation is 2. The van der Waals surface area contributed by atoms with Gasteiger partial charge in [-0.3, -0.25) is 0 Å². The van der Waals surface area contributed by atoms with E-state index in [-0.39, 0.29) is 10.9 Å². The summed E-state index contributed by atoms with van der Waals surface area (Å²) in [5.41, 5.74) is -11.7. The normalized spacial score (nSPS) is 11.6. The number of hydrogen-bond donors (Lipinski definition) is 0. The van der Waals surface area contributed by atoms with Crippen molar-refractivity contribution in [1.82, 2.24) is 0 Å². The minimum atomic E-state index is -7.22.